The molecule has 3 aromatic rings. The number of hydrogen-bond donors (Lipinski definition) is 0. The second-order valence-corrected chi connectivity index (χ2v) is 6.57. The quantitative estimate of drug-likeness (QED) is 0.691. The van der Waals surface area contributed by atoms with Crippen LogP contribution in [0.25, 0.3) is 0 Å². The molecule has 1 aliphatic rings. The van der Waals surface area contributed by atoms with Gasteiger partial charge in [-0.25, -0.2) is 4.39 Å². The number of carbonyl (C=O) groups excluding carboxylic acids is 1. The van der Waals surface area contributed by atoms with E-state index in [1.54, 1.807) is 27.8 Å². The van der Waals surface area contributed by atoms with Gasteiger partial charge in [0, 0.05) is 6.54 Å². The Kier molecular flexibility index (Phi) is 4.62. The van der Waals surface area contributed by atoms with Crippen molar-refractivity contribution in [2.75, 3.05) is 6.54 Å². The third-order valence-electron chi connectivity index (χ3n) is 4.81. The van der Waals surface area contributed by atoms with Crippen LogP contribution in [0, 0.1) is 5.82 Å². The number of nitrogens with zero attached hydrogens (tertiary/aromatic N) is 3. The molecule has 0 saturated heterocycles. The Labute approximate surface area is 157 Å². The number of rotatable bonds is 5. The van der Waals surface area contributed by atoms with E-state index < -0.39 is 0 Å². The summed E-state index contributed by atoms with van der Waals surface area (Å²) < 4.78 is 20.6. The van der Waals surface area contributed by atoms with Gasteiger partial charge in [0.2, 0.25) is 0 Å². The first-order valence-corrected chi connectivity index (χ1v) is 8.93. The third kappa shape index (κ3) is 3.56. The SMILES string of the molecule is CC(c1ccc(F)cc1)N1CCn2nc(COc3ccccc3)cc2C1=O. The Morgan fingerprint density at radius 2 is 1.85 bits per heavy atom. The first-order valence-electron chi connectivity index (χ1n) is 8.93. The molecule has 5 nitrogen and oxygen atoms in total. The monoisotopic (exact) mass is 365 g/mol. The molecule has 27 heavy (non-hydrogen) atoms. The lowest BCUT2D eigenvalue weighted by atomic mass is 10.1. The van der Waals surface area contributed by atoms with Crippen LogP contribution in [0.1, 0.15) is 34.7 Å². The van der Waals surface area contributed by atoms with Gasteiger partial charge in [-0.2, -0.15) is 5.10 Å². The van der Waals surface area contributed by atoms with Gasteiger partial charge in [-0.1, -0.05) is 30.3 Å². The summed E-state index contributed by atoms with van der Waals surface area (Å²) in [4.78, 5) is 14.7. The highest BCUT2D eigenvalue weighted by atomic mass is 19.1. The fraction of sp³-hybridized carbons (Fsp3) is 0.238. The van der Waals surface area contributed by atoms with Crippen molar-refractivity contribution in [3.05, 3.63) is 83.4 Å². The molecule has 1 unspecified atom stereocenters. The van der Waals surface area contributed by atoms with Gasteiger partial charge < -0.3 is 9.64 Å². The molecule has 1 aromatic heterocycles. The lowest BCUT2D eigenvalue weighted by Crippen LogP contribution is -2.41. The highest BCUT2D eigenvalue weighted by Gasteiger charge is 2.30. The molecule has 4 rings (SSSR count). The van der Waals surface area contributed by atoms with E-state index in [0.717, 1.165) is 17.0 Å². The Morgan fingerprint density at radius 1 is 1.11 bits per heavy atom. The molecule has 1 atom stereocenters. The summed E-state index contributed by atoms with van der Waals surface area (Å²) in [5.74, 6) is 0.412. The molecule has 138 valence electrons. The van der Waals surface area contributed by atoms with E-state index >= 15 is 0 Å². The molecule has 2 aromatic carbocycles. The van der Waals surface area contributed by atoms with Gasteiger partial charge in [0.1, 0.15) is 29.6 Å². The molecule has 0 aliphatic carbocycles. The topological polar surface area (TPSA) is 47.4 Å². The number of hydrogen-bond acceptors (Lipinski definition) is 3. The smallest absolute Gasteiger partial charge is 0.272 e. The average Bonchev–Trinajstić information content (AvgIpc) is 3.12. The van der Waals surface area contributed by atoms with Crippen molar-refractivity contribution in [2.24, 2.45) is 0 Å². The van der Waals surface area contributed by atoms with Crippen molar-refractivity contribution in [3.8, 4) is 5.75 Å². The largest absolute Gasteiger partial charge is 0.487 e. The van der Waals surface area contributed by atoms with Gasteiger partial charge in [0.05, 0.1) is 12.6 Å². The van der Waals surface area contributed by atoms with Crippen LogP contribution in [0.4, 0.5) is 4.39 Å². The van der Waals surface area contributed by atoms with Crippen LogP contribution in [0.5, 0.6) is 5.75 Å². The zero-order valence-electron chi connectivity index (χ0n) is 15.0. The third-order valence-corrected chi connectivity index (χ3v) is 4.81. The van der Waals surface area contributed by atoms with Gasteiger partial charge in [-0.05, 0) is 42.8 Å². The molecule has 6 heteroatoms. The van der Waals surface area contributed by atoms with E-state index in [2.05, 4.69) is 5.10 Å². The van der Waals surface area contributed by atoms with E-state index in [4.69, 9.17) is 4.74 Å². The zero-order chi connectivity index (χ0) is 18.8. The number of ether oxygens (including phenoxy) is 1. The summed E-state index contributed by atoms with van der Waals surface area (Å²) in [7, 11) is 0. The summed E-state index contributed by atoms with van der Waals surface area (Å²) in [6.07, 6.45) is 0. The molecule has 0 N–H and O–H groups in total. The molecule has 2 heterocycles. The van der Waals surface area contributed by atoms with Gasteiger partial charge in [-0.15, -0.1) is 0 Å². The Hall–Kier alpha value is -3.15. The second-order valence-electron chi connectivity index (χ2n) is 6.57. The van der Waals surface area contributed by atoms with Crippen molar-refractivity contribution >= 4 is 5.91 Å². The minimum Gasteiger partial charge on any atom is -0.487 e. The van der Waals surface area contributed by atoms with E-state index in [1.165, 1.54) is 12.1 Å². The average molecular weight is 365 g/mol. The van der Waals surface area contributed by atoms with E-state index in [1.807, 2.05) is 37.3 Å². The van der Waals surface area contributed by atoms with Crippen molar-refractivity contribution < 1.29 is 13.9 Å². The minimum absolute atomic E-state index is 0.0727. The number of para-hydroxylation sites is 1. The van der Waals surface area contributed by atoms with Crippen molar-refractivity contribution in [3.63, 3.8) is 0 Å². The van der Waals surface area contributed by atoms with Gasteiger partial charge in [0.15, 0.2) is 0 Å². The summed E-state index contributed by atoms with van der Waals surface area (Å²) >= 11 is 0. The minimum atomic E-state index is -0.281. The summed E-state index contributed by atoms with van der Waals surface area (Å²) in [5.41, 5.74) is 2.19. The maximum absolute atomic E-state index is 13.2. The maximum Gasteiger partial charge on any atom is 0.272 e. The maximum atomic E-state index is 13.2. The van der Waals surface area contributed by atoms with E-state index in [-0.39, 0.29) is 17.8 Å². The molecule has 0 radical (unpaired) electrons. The first-order chi connectivity index (χ1) is 13.1. The fourth-order valence-corrected chi connectivity index (χ4v) is 3.30. The molecular formula is C21H20FN3O2. The Bertz CT molecular complexity index is 938. The summed E-state index contributed by atoms with van der Waals surface area (Å²) in [5, 5.41) is 4.49. The molecule has 1 aliphatic heterocycles. The van der Waals surface area contributed by atoms with Crippen LogP contribution in [0.2, 0.25) is 0 Å². The number of halogens is 1. The lowest BCUT2D eigenvalue weighted by molar-refractivity contribution is 0.0624. The van der Waals surface area contributed by atoms with Crippen LogP contribution in [0.3, 0.4) is 0 Å². The molecule has 0 fully saturated rings. The standard InChI is InChI=1S/C21H20FN3O2/c1-15(16-7-9-17(22)10-8-16)24-11-12-25-20(21(24)26)13-18(23-25)14-27-19-5-3-2-4-6-19/h2-10,13,15H,11-12,14H2,1H3. The van der Waals surface area contributed by atoms with Crippen LogP contribution in [0.15, 0.2) is 60.7 Å². The Balaban J connectivity index is 1.48. The van der Waals surface area contributed by atoms with Crippen LogP contribution >= 0.6 is 0 Å². The fourth-order valence-electron chi connectivity index (χ4n) is 3.30. The summed E-state index contributed by atoms with van der Waals surface area (Å²) in [6, 6.07) is 17.4. The van der Waals surface area contributed by atoms with Crippen molar-refractivity contribution in [2.45, 2.75) is 26.1 Å². The highest BCUT2D eigenvalue weighted by molar-refractivity contribution is 5.93. The van der Waals surface area contributed by atoms with Crippen LogP contribution < -0.4 is 4.74 Å². The van der Waals surface area contributed by atoms with E-state index in [9.17, 15) is 9.18 Å². The van der Waals surface area contributed by atoms with Crippen LogP contribution in [-0.4, -0.2) is 27.1 Å². The van der Waals surface area contributed by atoms with Crippen LogP contribution in [-0.2, 0) is 13.2 Å². The predicted octanol–water partition coefficient (Wildman–Crippen LogP) is 3.82. The van der Waals surface area contributed by atoms with Crippen molar-refractivity contribution in [1.29, 1.82) is 0 Å². The van der Waals surface area contributed by atoms with Gasteiger partial charge in [-0.3, -0.25) is 9.48 Å². The molecule has 0 spiro atoms. The molecule has 1 amide bonds. The van der Waals surface area contributed by atoms with Crippen molar-refractivity contribution in [1.82, 2.24) is 14.7 Å². The molecule has 0 saturated carbocycles. The van der Waals surface area contributed by atoms with Gasteiger partial charge >= 0.3 is 0 Å². The number of amides is 1. The highest BCUT2D eigenvalue weighted by Crippen LogP contribution is 2.25. The Morgan fingerprint density at radius 3 is 2.59 bits per heavy atom. The number of fused-ring (bicyclic) bond motifs is 1. The number of carbonyl (C=O) groups is 1. The lowest BCUT2D eigenvalue weighted by Gasteiger charge is -2.33. The van der Waals surface area contributed by atoms with E-state index in [0.29, 0.717) is 25.4 Å². The predicted molar refractivity (Wildman–Crippen MR) is 98.9 cm³/mol. The number of aromatic nitrogens is 2. The first kappa shape index (κ1) is 17.3. The molecular weight excluding hydrogens is 345 g/mol. The number of benzene rings is 2. The van der Waals surface area contributed by atoms with Gasteiger partial charge in [0.25, 0.3) is 5.91 Å². The second kappa shape index (κ2) is 7.23. The summed E-state index contributed by atoms with van der Waals surface area (Å²) in [6.45, 7) is 3.45. The molecule has 0 bridgehead atoms. The normalized spacial score (nSPS) is 14.7. The zero-order valence-corrected chi connectivity index (χ0v) is 15.0.